The summed E-state index contributed by atoms with van der Waals surface area (Å²) in [4.78, 5) is 20.3. The Morgan fingerprint density at radius 1 is 1.00 bits per heavy atom. The summed E-state index contributed by atoms with van der Waals surface area (Å²) in [5.74, 6) is 0.202. The standard InChI is InChI=1S/C20H19F3N8/c1-19(2,3)11-26-17-29-16(14-5-4-6-15(28-14)20(21,22)23)30-18(31-17)27-13-7-12(8-24)9-25-10-13/h4-7,9-10H,11H2,1-3H3,(H2,26,27,29,30,31). The summed E-state index contributed by atoms with van der Waals surface area (Å²) < 4.78 is 39.2. The summed E-state index contributed by atoms with van der Waals surface area (Å²) >= 11 is 0. The molecule has 3 aromatic rings. The zero-order chi connectivity index (χ0) is 22.6. The van der Waals surface area contributed by atoms with Gasteiger partial charge in [0.05, 0.1) is 17.4 Å². The van der Waals surface area contributed by atoms with E-state index < -0.39 is 11.9 Å². The van der Waals surface area contributed by atoms with Crippen LogP contribution >= 0.6 is 0 Å². The summed E-state index contributed by atoms with van der Waals surface area (Å²) in [6.07, 6.45) is -1.73. The molecule has 2 N–H and O–H groups in total. The lowest BCUT2D eigenvalue weighted by Gasteiger charge is -2.19. The van der Waals surface area contributed by atoms with Crippen molar-refractivity contribution < 1.29 is 13.2 Å². The molecule has 0 bridgehead atoms. The number of hydrogen-bond donors (Lipinski definition) is 2. The highest BCUT2D eigenvalue weighted by molar-refractivity contribution is 5.59. The third kappa shape index (κ3) is 6.08. The molecule has 0 unspecified atom stereocenters. The number of nitrogens with one attached hydrogen (secondary N) is 2. The van der Waals surface area contributed by atoms with E-state index in [1.165, 1.54) is 24.5 Å². The number of hydrogen-bond acceptors (Lipinski definition) is 8. The largest absolute Gasteiger partial charge is 0.433 e. The number of halogens is 3. The summed E-state index contributed by atoms with van der Waals surface area (Å²) in [6.45, 7) is 6.54. The molecule has 0 fully saturated rings. The van der Waals surface area contributed by atoms with Crippen LogP contribution in [-0.4, -0.2) is 31.5 Å². The monoisotopic (exact) mass is 428 g/mol. The summed E-state index contributed by atoms with van der Waals surface area (Å²) in [5.41, 5.74) is -0.433. The molecule has 0 saturated carbocycles. The van der Waals surface area contributed by atoms with Crippen LogP contribution in [0.3, 0.4) is 0 Å². The average molecular weight is 428 g/mol. The molecule has 3 heterocycles. The van der Waals surface area contributed by atoms with Gasteiger partial charge in [-0.25, -0.2) is 4.98 Å². The third-order valence-electron chi connectivity index (χ3n) is 3.80. The van der Waals surface area contributed by atoms with Gasteiger partial charge in [0, 0.05) is 12.7 Å². The van der Waals surface area contributed by atoms with Crippen molar-refractivity contribution in [1.29, 1.82) is 5.26 Å². The van der Waals surface area contributed by atoms with Gasteiger partial charge in [-0.15, -0.1) is 0 Å². The average Bonchev–Trinajstić information content (AvgIpc) is 2.71. The normalized spacial score (nSPS) is 11.6. The molecule has 8 nitrogen and oxygen atoms in total. The van der Waals surface area contributed by atoms with Crippen molar-refractivity contribution in [1.82, 2.24) is 24.9 Å². The summed E-state index contributed by atoms with van der Waals surface area (Å²) in [6, 6.07) is 7.02. The van der Waals surface area contributed by atoms with Crippen LogP contribution in [0.25, 0.3) is 11.5 Å². The Morgan fingerprint density at radius 2 is 1.74 bits per heavy atom. The van der Waals surface area contributed by atoms with Gasteiger partial charge in [-0.3, -0.25) is 4.98 Å². The molecular weight excluding hydrogens is 409 g/mol. The van der Waals surface area contributed by atoms with Gasteiger partial charge in [0.25, 0.3) is 0 Å². The Morgan fingerprint density at radius 3 is 2.42 bits per heavy atom. The smallest absolute Gasteiger partial charge is 0.354 e. The Balaban J connectivity index is 2.02. The number of nitriles is 1. The molecule has 31 heavy (non-hydrogen) atoms. The molecule has 0 aliphatic rings. The highest BCUT2D eigenvalue weighted by Gasteiger charge is 2.32. The second-order valence-electron chi connectivity index (χ2n) is 7.83. The van der Waals surface area contributed by atoms with Crippen LogP contribution in [0.15, 0.2) is 36.7 Å². The SMILES string of the molecule is CC(C)(C)CNc1nc(Nc2cncc(C#N)c2)nc(-c2cccc(C(F)(F)F)n2)n1. The van der Waals surface area contributed by atoms with E-state index in [1.54, 1.807) is 6.07 Å². The zero-order valence-corrected chi connectivity index (χ0v) is 17.0. The van der Waals surface area contributed by atoms with Crippen LogP contribution in [0.1, 0.15) is 32.0 Å². The molecular formula is C20H19F3N8. The van der Waals surface area contributed by atoms with Gasteiger partial charge in [0.1, 0.15) is 17.5 Å². The molecule has 0 saturated heterocycles. The Kier molecular flexibility index (Phi) is 6.01. The Bertz CT molecular complexity index is 1120. The van der Waals surface area contributed by atoms with Gasteiger partial charge in [-0.05, 0) is 23.6 Å². The van der Waals surface area contributed by atoms with Crippen LogP contribution in [0.5, 0.6) is 0 Å². The molecule has 0 aliphatic heterocycles. The maximum absolute atomic E-state index is 13.1. The summed E-state index contributed by atoms with van der Waals surface area (Å²) in [5, 5.41) is 15.0. The first-order valence-corrected chi connectivity index (χ1v) is 9.20. The number of anilines is 3. The first kappa shape index (κ1) is 21.9. The van der Waals surface area contributed by atoms with Gasteiger partial charge in [0.15, 0.2) is 5.82 Å². The van der Waals surface area contributed by atoms with Crippen LogP contribution in [-0.2, 0) is 6.18 Å². The van der Waals surface area contributed by atoms with Crippen LogP contribution in [0.4, 0.5) is 30.8 Å². The van der Waals surface area contributed by atoms with Crippen LogP contribution in [0, 0.1) is 16.7 Å². The topological polar surface area (TPSA) is 112 Å². The second-order valence-corrected chi connectivity index (χ2v) is 7.83. The van der Waals surface area contributed by atoms with Crippen molar-refractivity contribution in [2.24, 2.45) is 5.41 Å². The highest BCUT2D eigenvalue weighted by Crippen LogP contribution is 2.29. The molecule has 0 spiro atoms. The fourth-order valence-corrected chi connectivity index (χ4v) is 2.39. The van der Waals surface area contributed by atoms with Crippen molar-refractivity contribution in [3.05, 3.63) is 47.9 Å². The Labute approximate surface area is 176 Å². The highest BCUT2D eigenvalue weighted by atomic mass is 19.4. The lowest BCUT2D eigenvalue weighted by atomic mass is 9.97. The van der Waals surface area contributed by atoms with E-state index in [2.05, 4.69) is 35.6 Å². The maximum atomic E-state index is 13.1. The van der Waals surface area contributed by atoms with E-state index in [0.29, 0.717) is 17.8 Å². The summed E-state index contributed by atoms with van der Waals surface area (Å²) in [7, 11) is 0. The van der Waals surface area contributed by atoms with E-state index in [9.17, 15) is 13.2 Å². The molecule has 0 atom stereocenters. The molecule has 160 valence electrons. The van der Waals surface area contributed by atoms with Gasteiger partial charge in [0.2, 0.25) is 11.9 Å². The lowest BCUT2D eigenvalue weighted by molar-refractivity contribution is -0.141. The van der Waals surface area contributed by atoms with E-state index in [-0.39, 0.29) is 28.8 Å². The molecule has 0 amide bonds. The van der Waals surface area contributed by atoms with Crippen LogP contribution in [0.2, 0.25) is 0 Å². The minimum absolute atomic E-state index is 0.0376. The van der Waals surface area contributed by atoms with Gasteiger partial charge in [-0.1, -0.05) is 26.8 Å². The predicted molar refractivity (Wildman–Crippen MR) is 108 cm³/mol. The van der Waals surface area contributed by atoms with Gasteiger partial charge >= 0.3 is 6.18 Å². The van der Waals surface area contributed by atoms with Gasteiger partial charge < -0.3 is 10.6 Å². The fraction of sp³-hybridized carbons (Fsp3) is 0.300. The number of nitrogens with zero attached hydrogens (tertiary/aromatic N) is 6. The molecule has 3 rings (SSSR count). The molecule has 0 aromatic carbocycles. The third-order valence-corrected chi connectivity index (χ3v) is 3.80. The second kappa shape index (κ2) is 8.51. The number of pyridine rings is 2. The maximum Gasteiger partial charge on any atom is 0.433 e. The van der Waals surface area contributed by atoms with Crippen molar-refractivity contribution >= 4 is 17.6 Å². The first-order valence-electron chi connectivity index (χ1n) is 9.20. The molecule has 0 aliphatic carbocycles. The predicted octanol–water partition coefficient (Wildman–Crippen LogP) is 4.42. The van der Waals surface area contributed by atoms with Crippen molar-refractivity contribution in [2.75, 3.05) is 17.2 Å². The van der Waals surface area contributed by atoms with E-state index in [4.69, 9.17) is 5.26 Å². The fourth-order valence-electron chi connectivity index (χ4n) is 2.39. The molecule has 0 radical (unpaired) electrons. The zero-order valence-electron chi connectivity index (χ0n) is 17.0. The molecule has 11 heteroatoms. The van der Waals surface area contributed by atoms with E-state index in [1.807, 2.05) is 26.8 Å². The minimum Gasteiger partial charge on any atom is -0.354 e. The van der Waals surface area contributed by atoms with Crippen molar-refractivity contribution in [3.8, 4) is 17.6 Å². The van der Waals surface area contributed by atoms with Gasteiger partial charge in [-0.2, -0.15) is 33.4 Å². The number of rotatable bonds is 5. The minimum atomic E-state index is -4.60. The van der Waals surface area contributed by atoms with E-state index >= 15 is 0 Å². The number of aromatic nitrogens is 5. The Hall–Kier alpha value is -3.81. The number of alkyl halides is 3. The van der Waals surface area contributed by atoms with Crippen molar-refractivity contribution in [3.63, 3.8) is 0 Å². The lowest BCUT2D eigenvalue weighted by Crippen LogP contribution is -2.21. The van der Waals surface area contributed by atoms with Crippen molar-refractivity contribution in [2.45, 2.75) is 26.9 Å². The van der Waals surface area contributed by atoms with Crippen LogP contribution < -0.4 is 10.6 Å². The quantitative estimate of drug-likeness (QED) is 0.614. The first-order chi connectivity index (χ1) is 14.5. The van der Waals surface area contributed by atoms with E-state index in [0.717, 1.165) is 6.07 Å². The molecule has 3 aromatic heterocycles.